The van der Waals surface area contributed by atoms with E-state index in [0.29, 0.717) is 11.8 Å². The second-order valence-electron chi connectivity index (χ2n) is 3.48. The molecule has 15 heavy (non-hydrogen) atoms. The molecule has 0 saturated carbocycles. The van der Waals surface area contributed by atoms with Crippen molar-refractivity contribution in [2.24, 2.45) is 0 Å². The Bertz CT molecular complexity index is 259. The molecular weight excluding hydrogens is 301 g/mol. The molecule has 0 amide bonds. The molecular formula is C12H20INO. The smallest absolute Gasteiger partial charge is 0.115 e. The molecule has 1 N–H and O–H groups in total. The van der Waals surface area contributed by atoms with E-state index in [1.807, 2.05) is 17.1 Å². The maximum atomic E-state index is 9.14. The van der Waals surface area contributed by atoms with Crippen molar-refractivity contribution in [3.8, 4) is 5.75 Å². The van der Waals surface area contributed by atoms with Crippen molar-refractivity contribution in [3.05, 3.63) is 29.8 Å². The third kappa shape index (κ3) is 4.84. The minimum Gasteiger partial charge on any atom is -0.508 e. The van der Waals surface area contributed by atoms with Crippen LogP contribution in [0.2, 0.25) is 0 Å². The third-order valence-electron chi connectivity index (χ3n) is 2.29. The van der Waals surface area contributed by atoms with Gasteiger partial charge in [0.05, 0.1) is 0 Å². The Hall–Kier alpha value is -0.290. The molecule has 1 aromatic rings. The maximum Gasteiger partial charge on any atom is 0.115 e. The molecule has 3 heteroatoms. The highest BCUT2D eigenvalue weighted by molar-refractivity contribution is 14.1. The van der Waals surface area contributed by atoms with Crippen LogP contribution in [0.15, 0.2) is 24.3 Å². The van der Waals surface area contributed by atoms with Crippen molar-refractivity contribution >= 4 is 22.6 Å². The second-order valence-corrected chi connectivity index (χ2v) is 3.48. The van der Waals surface area contributed by atoms with Gasteiger partial charge in [0.2, 0.25) is 0 Å². The van der Waals surface area contributed by atoms with Crippen molar-refractivity contribution in [1.29, 1.82) is 0 Å². The number of halogens is 1. The zero-order valence-corrected chi connectivity index (χ0v) is 12.0. The first kappa shape index (κ1) is 14.7. The first-order chi connectivity index (χ1) is 7.15. The summed E-state index contributed by atoms with van der Waals surface area (Å²) in [4.78, 5) is 4.16. The maximum absolute atomic E-state index is 9.14. The molecule has 2 nitrogen and oxygen atoms in total. The van der Waals surface area contributed by atoms with Gasteiger partial charge in [0.1, 0.15) is 5.75 Å². The number of benzene rings is 1. The van der Waals surface area contributed by atoms with Gasteiger partial charge in [-0.25, -0.2) is 0 Å². The monoisotopic (exact) mass is 321 g/mol. The molecule has 0 saturated heterocycles. The van der Waals surface area contributed by atoms with Gasteiger partial charge in [-0.15, -0.1) is 0 Å². The molecule has 1 unspecified atom stereocenters. The van der Waals surface area contributed by atoms with E-state index in [4.69, 9.17) is 5.11 Å². The van der Waals surface area contributed by atoms with Crippen LogP contribution in [-0.2, 0) is 0 Å². The van der Waals surface area contributed by atoms with E-state index < -0.39 is 0 Å². The number of hydrogen-bond donors (Lipinski definition) is 1. The van der Waals surface area contributed by atoms with Crippen LogP contribution in [0.4, 0.5) is 0 Å². The Morgan fingerprint density at radius 2 is 1.67 bits per heavy atom. The Morgan fingerprint density at radius 1 is 1.20 bits per heavy atom. The number of hydrogen-bond acceptors (Lipinski definition) is 2. The van der Waals surface area contributed by atoms with Crippen molar-refractivity contribution in [2.45, 2.75) is 19.4 Å². The summed E-state index contributed by atoms with van der Waals surface area (Å²) in [5.41, 5.74) is 1.25. The van der Waals surface area contributed by atoms with Gasteiger partial charge in [-0.3, -0.25) is 0 Å². The van der Waals surface area contributed by atoms with Gasteiger partial charge in [0.15, 0.2) is 0 Å². The van der Waals surface area contributed by atoms with Crippen LogP contribution in [0.5, 0.6) is 5.75 Å². The second kappa shape index (κ2) is 7.93. The summed E-state index contributed by atoms with van der Waals surface area (Å²) in [6.45, 7) is 2.16. The summed E-state index contributed by atoms with van der Waals surface area (Å²) in [5, 5.41) is 9.14. The molecule has 0 fully saturated rings. The van der Waals surface area contributed by atoms with E-state index in [9.17, 15) is 0 Å². The lowest BCUT2D eigenvalue weighted by Gasteiger charge is -2.23. The van der Waals surface area contributed by atoms with Crippen LogP contribution >= 0.6 is 22.6 Å². The molecule has 0 spiro atoms. The van der Waals surface area contributed by atoms with Crippen LogP contribution < -0.4 is 0 Å². The predicted molar refractivity (Wildman–Crippen MR) is 74.8 cm³/mol. The lowest BCUT2D eigenvalue weighted by molar-refractivity contribution is 0.292. The summed E-state index contributed by atoms with van der Waals surface area (Å²) in [7, 11) is 4.14. The van der Waals surface area contributed by atoms with Gasteiger partial charge in [0.25, 0.3) is 0 Å². The van der Waals surface area contributed by atoms with Gasteiger partial charge in [-0.1, -0.05) is 41.6 Å². The van der Waals surface area contributed by atoms with Crippen molar-refractivity contribution in [1.82, 2.24) is 4.90 Å². The van der Waals surface area contributed by atoms with Crippen LogP contribution in [0.3, 0.4) is 0 Å². The minimum absolute atomic E-state index is 0.331. The van der Waals surface area contributed by atoms with Gasteiger partial charge in [-0.2, -0.15) is 0 Å². The number of phenols is 1. The third-order valence-corrected chi connectivity index (χ3v) is 2.29. The van der Waals surface area contributed by atoms with Crippen molar-refractivity contribution in [2.75, 3.05) is 19.0 Å². The Morgan fingerprint density at radius 3 is 2.00 bits per heavy atom. The standard InChI is InChI=1S/C11H17NO.CH3I/c1-4-11(12(2)3)9-5-7-10(13)8-6-9;1-2/h5-8,11,13H,4H2,1-3H3;1H3. The zero-order chi connectivity index (χ0) is 11.8. The van der Waals surface area contributed by atoms with Crippen LogP contribution in [0, 0.1) is 0 Å². The van der Waals surface area contributed by atoms with E-state index in [2.05, 4.69) is 48.5 Å². The number of aromatic hydroxyl groups is 1. The fourth-order valence-corrected chi connectivity index (χ4v) is 1.60. The van der Waals surface area contributed by atoms with E-state index >= 15 is 0 Å². The average molecular weight is 321 g/mol. The highest BCUT2D eigenvalue weighted by Gasteiger charge is 2.10. The van der Waals surface area contributed by atoms with E-state index in [1.165, 1.54) is 5.56 Å². The van der Waals surface area contributed by atoms with E-state index in [-0.39, 0.29) is 0 Å². The fraction of sp³-hybridized carbons (Fsp3) is 0.500. The molecule has 0 aliphatic carbocycles. The van der Waals surface area contributed by atoms with Crippen LogP contribution in [0.1, 0.15) is 24.9 Å². The Kier molecular flexibility index (Phi) is 7.78. The highest BCUT2D eigenvalue weighted by Crippen LogP contribution is 2.22. The largest absolute Gasteiger partial charge is 0.508 e. The molecule has 0 aliphatic heterocycles. The lowest BCUT2D eigenvalue weighted by atomic mass is 10.0. The van der Waals surface area contributed by atoms with Crippen LogP contribution in [-0.4, -0.2) is 29.0 Å². The average Bonchev–Trinajstić information content (AvgIpc) is 2.24. The first-order valence-corrected chi connectivity index (χ1v) is 7.14. The van der Waals surface area contributed by atoms with Crippen molar-refractivity contribution in [3.63, 3.8) is 0 Å². The molecule has 0 aromatic heterocycles. The summed E-state index contributed by atoms with van der Waals surface area (Å²) >= 11 is 2.15. The van der Waals surface area contributed by atoms with E-state index in [1.54, 1.807) is 12.1 Å². The number of phenolic OH excluding ortho intramolecular Hbond substituents is 1. The van der Waals surface area contributed by atoms with Gasteiger partial charge in [-0.05, 0) is 43.1 Å². The quantitative estimate of drug-likeness (QED) is 0.681. The topological polar surface area (TPSA) is 23.5 Å². The summed E-state index contributed by atoms with van der Waals surface area (Å²) < 4.78 is 0. The van der Waals surface area contributed by atoms with Gasteiger partial charge in [0, 0.05) is 6.04 Å². The normalized spacial score (nSPS) is 11.9. The molecule has 0 radical (unpaired) electrons. The summed E-state index contributed by atoms with van der Waals surface area (Å²) in [6, 6.07) is 7.87. The lowest BCUT2D eigenvalue weighted by Crippen LogP contribution is -2.18. The molecule has 1 atom stereocenters. The number of rotatable bonds is 3. The summed E-state index contributed by atoms with van der Waals surface area (Å²) in [5.74, 6) is 0.331. The minimum atomic E-state index is 0.331. The zero-order valence-electron chi connectivity index (χ0n) is 9.87. The molecule has 86 valence electrons. The van der Waals surface area contributed by atoms with Gasteiger partial charge >= 0.3 is 0 Å². The van der Waals surface area contributed by atoms with Crippen molar-refractivity contribution < 1.29 is 5.11 Å². The van der Waals surface area contributed by atoms with Gasteiger partial charge < -0.3 is 10.0 Å². The molecule has 0 heterocycles. The molecule has 0 bridgehead atoms. The Labute approximate surface area is 106 Å². The fourth-order valence-electron chi connectivity index (χ4n) is 1.60. The summed E-state index contributed by atoms with van der Waals surface area (Å²) in [6.07, 6.45) is 1.08. The molecule has 1 aromatic carbocycles. The number of alkyl halides is 1. The molecule has 1 rings (SSSR count). The highest BCUT2D eigenvalue weighted by atomic mass is 127. The van der Waals surface area contributed by atoms with E-state index in [0.717, 1.165) is 6.42 Å². The Balaban J connectivity index is 0.000000921. The van der Waals surface area contributed by atoms with Crippen LogP contribution in [0.25, 0.3) is 0 Å². The SMILES string of the molecule is CCC(c1ccc(O)cc1)N(C)C.CI. The number of nitrogens with zero attached hydrogens (tertiary/aromatic N) is 1. The first-order valence-electron chi connectivity index (χ1n) is 4.98. The molecule has 0 aliphatic rings. The predicted octanol–water partition coefficient (Wildman–Crippen LogP) is 3.46.